The molecule has 0 aliphatic carbocycles. The minimum atomic E-state index is -0.423. The van der Waals surface area contributed by atoms with E-state index in [1.165, 1.54) is 0 Å². The van der Waals surface area contributed by atoms with Gasteiger partial charge in [0.1, 0.15) is 0 Å². The summed E-state index contributed by atoms with van der Waals surface area (Å²) in [6, 6.07) is 7.77. The molecule has 0 radical (unpaired) electrons. The molecule has 4 N–H and O–H groups in total. The number of nitrogens with zero attached hydrogens (tertiary/aromatic N) is 2. The number of nitrogens with two attached hydrogens (primary N) is 2. The van der Waals surface area contributed by atoms with E-state index < -0.39 is 5.91 Å². The van der Waals surface area contributed by atoms with Gasteiger partial charge in [-0.1, -0.05) is 6.07 Å². The molecule has 0 fully saturated rings. The smallest absolute Gasteiger partial charge is 0.280 e. The van der Waals surface area contributed by atoms with Crippen molar-refractivity contribution >= 4 is 22.8 Å². The van der Waals surface area contributed by atoms with Crippen LogP contribution in [0, 0.1) is 0 Å². The van der Waals surface area contributed by atoms with Crippen LogP contribution in [-0.2, 0) is 0 Å². The molecule has 0 saturated carbocycles. The van der Waals surface area contributed by atoms with Crippen molar-refractivity contribution < 1.29 is 4.79 Å². The molecular formula is C13H16N4O. The summed E-state index contributed by atoms with van der Waals surface area (Å²) in [5.74, 6) is -0.646. The van der Waals surface area contributed by atoms with Gasteiger partial charge < -0.3 is 16.0 Å². The standard InChI is InChI=1S/C13H16N4O/c1-8(2)17-6-5-9-3-4-10(7-11(9)17)12(18)16-13(14)15/h3-8H,1-2H3,(H4,14,15,16,18). The molecule has 0 spiro atoms. The number of carbonyl (C=O) groups excluding carboxylic acids is 1. The Balaban J connectivity index is 2.52. The number of aliphatic imine (C=N–C) groups is 1. The zero-order valence-corrected chi connectivity index (χ0v) is 10.4. The number of amides is 1. The van der Waals surface area contributed by atoms with Crippen LogP contribution in [0.3, 0.4) is 0 Å². The molecule has 0 saturated heterocycles. The Morgan fingerprint density at radius 1 is 1.28 bits per heavy atom. The van der Waals surface area contributed by atoms with Gasteiger partial charge in [-0.2, -0.15) is 4.99 Å². The maximum Gasteiger partial charge on any atom is 0.280 e. The molecule has 5 nitrogen and oxygen atoms in total. The molecule has 2 rings (SSSR count). The molecule has 1 aromatic carbocycles. The summed E-state index contributed by atoms with van der Waals surface area (Å²) in [6.07, 6.45) is 2.00. The molecular weight excluding hydrogens is 228 g/mol. The monoisotopic (exact) mass is 244 g/mol. The van der Waals surface area contributed by atoms with Gasteiger partial charge in [-0.15, -0.1) is 0 Å². The van der Waals surface area contributed by atoms with Gasteiger partial charge in [0.25, 0.3) is 5.91 Å². The molecule has 18 heavy (non-hydrogen) atoms. The highest BCUT2D eigenvalue weighted by molar-refractivity contribution is 6.03. The number of benzene rings is 1. The van der Waals surface area contributed by atoms with E-state index in [-0.39, 0.29) is 5.96 Å². The maximum absolute atomic E-state index is 11.7. The van der Waals surface area contributed by atoms with Crippen molar-refractivity contribution in [3.8, 4) is 0 Å². The van der Waals surface area contributed by atoms with Crippen molar-refractivity contribution in [2.45, 2.75) is 19.9 Å². The fourth-order valence-electron chi connectivity index (χ4n) is 1.91. The van der Waals surface area contributed by atoms with E-state index in [1.807, 2.05) is 24.4 Å². The van der Waals surface area contributed by atoms with Gasteiger partial charge in [0.15, 0.2) is 5.96 Å². The number of aromatic nitrogens is 1. The Kier molecular flexibility index (Phi) is 3.06. The van der Waals surface area contributed by atoms with E-state index in [0.717, 1.165) is 10.9 Å². The van der Waals surface area contributed by atoms with E-state index >= 15 is 0 Å². The molecule has 5 heteroatoms. The summed E-state index contributed by atoms with van der Waals surface area (Å²) in [7, 11) is 0. The maximum atomic E-state index is 11.7. The highest BCUT2D eigenvalue weighted by Crippen LogP contribution is 2.21. The highest BCUT2D eigenvalue weighted by atomic mass is 16.1. The number of carbonyl (C=O) groups is 1. The number of rotatable bonds is 2. The fraction of sp³-hybridized carbons (Fsp3) is 0.231. The Morgan fingerprint density at radius 2 is 2.00 bits per heavy atom. The van der Waals surface area contributed by atoms with Gasteiger partial charge in [-0.3, -0.25) is 4.79 Å². The zero-order chi connectivity index (χ0) is 13.3. The average Bonchev–Trinajstić information content (AvgIpc) is 2.70. The predicted molar refractivity (Wildman–Crippen MR) is 72.5 cm³/mol. The minimum Gasteiger partial charge on any atom is -0.370 e. The minimum absolute atomic E-state index is 0.223. The summed E-state index contributed by atoms with van der Waals surface area (Å²) in [5, 5.41) is 1.09. The molecule has 2 aromatic rings. The molecule has 0 aliphatic heterocycles. The van der Waals surface area contributed by atoms with Crippen LogP contribution in [0.2, 0.25) is 0 Å². The van der Waals surface area contributed by atoms with Gasteiger partial charge in [0.05, 0.1) is 0 Å². The van der Waals surface area contributed by atoms with E-state index in [2.05, 4.69) is 23.4 Å². The normalized spacial score (nSPS) is 10.8. The second-order valence-electron chi connectivity index (χ2n) is 4.43. The Morgan fingerprint density at radius 3 is 2.61 bits per heavy atom. The van der Waals surface area contributed by atoms with Crippen molar-refractivity contribution in [3.05, 3.63) is 36.0 Å². The summed E-state index contributed by atoms with van der Waals surface area (Å²) in [5.41, 5.74) is 11.9. The molecule has 0 bridgehead atoms. The fourth-order valence-corrected chi connectivity index (χ4v) is 1.91. The first-order valence-electron chi connectivity index (χ1n) is 5.73. The number of hydrogen-bond acceptors (Lipinski definition) is 1. The second kappa shape index (κ2) is 4.52. The van der Waals surface area contributed by atoms with E-state index in [1.54, 1.807) is 6.07 Å². The van der Waals surface area contributed by atoms with Gasteiger partial charge in [-0.05, 0) is 37.4 Å². The van der Waals surface area contributed by atoms with Gasteiger partial charge in [0.2, 0.25) is 0 Å². The molecule has 1 heterocycles. The number of fused-ring (bicyclic) bond motifs is 1. The summed E-state index contributed by atoms with van der Waals surface area (Å²) < 4.78 is 2.10. The second-order valence-corrected chi connectivity index (χ2v) is 4.43. The third-order valence-electron chi connectivity index (χ3n) is 2.76. The summed E-state index contributed by atoms with van der Waals surface area (Å²) in [4.78, 5) is 15.3. The van der Waals surface area contributed by atoms with E-state index in [4.69, 9.17) is 11.5 Å². The van der Waals surface area contributed by atoms with Crippen LogP contribution in [-0.4, -0.2) is 16.4 Å². The van der Waals surface area contributed by atoms with Crippen molar-refractivity contribution in [2.75, 3.05) is 0 Å². The van der Waals surface area contributed by atoms with Gasteiger partial charge in [-0.25, -0.2) is 0 Å². The largest absolute Gasteiger partial charge is 0.370 e. The molecule has 1 amide bonds. The quantitative estimate of drug-likeness (QED) is 0.622. The molecule has 0 unspecified atom stereocenters. The first-order valence-corrected chi connectivity index (χ1v) is 5.73. The van der Waals surface area contributed by atoms with Gasteiger partial charge >= 0.3 is 0 Å². The van der Waals surface area contributed by atoms with Crippen LogP contribution in [0.1, 0.15) is 30.2 Å². The van der Waals surface area contributed by atoms with E-state index in [0.29, 0.717) is 11.6 Å². The number of guanidine groups is 1. The lowest BCUT2D eigenvalue weighted by molar-refractivity contribution is 0.100. The highest BCUT2D eigenvalue weighted by Gasteiger charge is 2.09. The first-order chi connectivity index (χ1) is 8.49. The summed E-state index contributed by atoms with van der Waals surface area (Å²) in [6.45, 7) is 4.17. The van der Waals surface area contributed by atoms with Crippen molar-refractivity contribution in [1.82, 2.24) is 4.57 Å². The first kappa shape index (κ1) is 12.2. The SMILES string of the molecule is CC(C)n1ccc2ccc(C(=O)N=C(N)N)cc21. The van der Waals surface area contributed by atoms with Crippen molar-refractivity contribution in [1.29, 1.82) is 0 Å². The third kappa shape index (κ3) is 2.20. The lowest BCUT2D eigenvalue weighted by atomic mass is 10.1. The van der Waals surface area contributed by atoms with Crippen LogP contribution in [0.5, 0.6) is 0 Å². The van der Waals surface area contributed by atoms with Crippen LogP contribution >= 0.6 is 0 Å². The van der Waals surface area contributed by atoms with Crippen LogP contribution in [0.4, 0.5) is 0 Å². The number of hydrogen-bond donors (Lipinski definition) is 2. The van der Waals surface area contributed by atoms with Crippen LogP contribution < -0.4 is 11.5 Å². The van der Waals surface area contributed by atoms with Crippen molar-refractivity contribution in [2.24, 2.45) is 16.5 Å². The zero-order valence-electron chi connectivity index (χ0n) is 10.4. The van der Waals surface area contributed by atoms with Crippen LogP contribution in [0.15, 0.2) is 35.5 Å². The molecule has 1 aromatic heterocycles. The Labute approximate surface area is 105 Å². The molecule has 0 aliphatic rings. The summed E-state index contributed by atoms with van der Waals surface area (Å²) >= 11 is 0. The Hall–Kier alpha value is -2.30. The lowest BCUT2D eigenvalue weighted by Gasteiger charge is -2.09. The van der Waals surface area contributed by atoms with Gasteiger partial charge in [0, 0.05) is 23.3 Å². The third-order valence-corrected chi connectivity index (χ3v) is 2.76. The predicted octanol–water partition coefficient (Wildman–Crippen LogP) is 1.64. The average molecular weight is 244 g/mol. The van der Waals surface area contributed by atoms with E-state index in [9.17, 15) is 4.79 Å². The van der Waals surface area contributed by atoms with Crippen molar-refractivity contribution in [3.63, 3.8) is 0 Å². The Bertz CT molecular complexity index is 621. The topological polar surface area (TPSA) is 86.4 Å². The van der Waals surface area contributed by atoms with Crippen LogP contribution in [0.25, 0.3) is 10.9 Å². The lowest BCUT2D eigenvalue weighted by Crippen LogP contribution is -2.24. The molecule has 94 valence electrons. The molecule has 0 atom stereocenters.